The molecule has 0 N–H and O–H groups in total. The molecule has 0 atom stereocenters. The maximum Gasteiger partial charge on any atom is 0.282 e. The molecule has 1 saturated heterocycles. The lowest BCUT2D eigenvalue weighted by Gasteiger charge is -2.34. The van der Waals surface area contributed by atoms with Crippen LogP contribution in [0.5, 0.6) is 5.75 Å². The van der Waals surface area contributed by atoms with Gasteiger partial charge in [0.15, 0.2) is 0 Å². The van der Waals surface area contributed by atoms with Gasteiger partial charge in [-0.15, -0.1) is 0 Å². The molecule has 0 bridgehead atoms. The summed E-state index contributed by atoms with van der Waals surface area (Å²) in [5.74, 6) is -0.281. The fraction of sp³-hybridized carbons (Fsp3) is 0.333. The Morgan fingerprint density at radius 2 is 1.61 bits per heavy atom. The molecule has 31 heavy (non-hydrogen) atoms. The number of rotatable bonds is 4. The Balaban J connectivity index is 1.86. The van der Waals surface area contributed by atoms with Gasteiger partial charge in [-0.25, -0.2) is 4.90 Å². The van der Waals surface area contributed by atoms with Gasteiger partial charge in [-0.3, -0.25) is 9.59 Å². The summed E-state index contributed by atoms with van der Waals surface area (Å²) in [7, 11) is 3.57. The smallest absolute Gasteiger partial charge is 0.282 e. The van der Waals surface area contributed by atoms with Crippen LogP contribution in [-0.4, -0.2) is 62.0 Å². The summed E-state index contributed by atoms with van der Waals surface area (Å²) in [5.41, 5.74) is 4.19. The zero-order chi connectivity index (χ0) is 22.3. The number of carbonyl (C=O) groups excluding carboxylic acids is 2. The van der Waals surface area contributed by atoms with Gasteiger partial charge in [0, 0.05) is 31.2 Å². The van der Waals surface area contributed by atoms with E-state index in [-0.39, 0.29) is 11.8 Å². The zero-order valence-corrected chi connectivity index (χ0v) is 19.0. The third kappa shape index (κ3) is 3.82. The van der Waals surface area contributed by atoms with Crippen LogP contribution in [0.1, 0.15) is 16.7 Å². The molecule has 7 heteroatoms. The second-order valence-corrected chi connectivity index (χ2v) is 8.51. The Labute approximate surface area is 187 Å². The van der Waals surface area contributed by atoms with Crippen molar-refractivity contribution >= 4 is 34.7 Å². The highest BCUT2D eigenvalue weighted by Crippen LogP contribution is 2.40. The van der Waals surface area contributed by atoms with Crippen molar-refractivity contribution in [3.63, 3.8) is 0 Å². The first-order valence-electron chi connectivity index (χ1n) is 10.3. The number of ether oxygens (including phenoxy) is 1. The molecule has 0 aliphatic carbocycles. The lowest BCUT2D eigenvalue weighted by atomic mass is 9.99. The van der Waals surface area contributed by atoms with E-state index in [1.54, 1.807) is 18.2 Å². The maximum atomic E-state index is 13.7. The summed E-state index contributed by atoms with van der Waals surface area (Å²) >= 11 is 6.21. The van der Waals surface area contributed by atoms with Gasteiger partial charge in [-0.1, -0.05) is 29.8 Å². The molecule has 2 aliphatic rings. The first-order chi connectivity index (χ1) is 14.8. The van der Waals surface area contributed by atoms with Crippen molar-refractivity contribution in [3.8, 4) is 5.75 Å². The first-order valence-corrected chi connectivity index (χ1v) is 10.7. The van der Waals surface area contributed by atoms with Gasteiger partial charge < -0.3 is 14.5 Å². The number of aryl methyl sites for hydroxylation is 2. The number of benzene rings is 2. The molecule has 2 aliphatic heterocycles. The lowest BCUT2D eigenvalue weighted by Crippen LogP contribution is -2.46. The van der Waals surface area contributed by atoms with Crippen molar-refractivity contribution < 1.29 is 14.3 Å². The summed E-state index contributed by atoms with van der Waals surface area (Å²) in [4.78, 5) is 32.9. The molecule has 162 valence electrons. The van der Waals surface area contributed by atoms with Crippen LogP contribution < -0.4 is 9.64 Å². The summed E-state index contributed by atoms with van der Waals surface area (Å²) in [6, 6.07) is 10.8. The van der Waals surface area contributed by atoms with Crippen LogP contribution in [0.3, 0.4) is 0 Å². The van der Waals surface area contributed by atoms with E-state index in [4.69, 9.17) is 16.3 Å². The lowest BCUT2D eigenvalue weighted by molar-refractivity contribution is -0.120. The molecule has 0 spiro atoms. The Morgan fingerprint density at radius 3 is 2.26 bits per heavy atom. The average Bonchev–Trinajstić information content (AvgIpc) is 3.00. The minimum absolute atomic E-state index is 0.344. The zero-order valence-electron chi connectivity index (χ0n) is 18.2. The van der Waals surface area contributed by atoms with Gasteiger partial charge in [-0.05, 0) is 55.8 Å². The van der Waals surface area contributed by atoms with Crippen LogP contribution >= 0.6 is 11.6 Å². The molecule has 2 aromatic carbocycles. The molecule has 0 radical (unpaired) electrons. The van der Waals surface area contributed by atoms with Crippen LogP contribution in [0.2, 0.25) is 5.02 Å². The molecule has 1 fully saturated rings. The molecule has 2 aromatic rings. The number of hydrogen-bond acceptors (Lipinski definition) is 5. The first kappa shape index (κ1) is 21.4. The number of anilines is 1. The second-order valence-electron chi connectivity index (χ2n) is 8.07. The predicted octanol–water partition coefficient (Wildman–Crippen LogP) is 3.50. The van der Waals surface area contributed by atoms with E-state index < -0.39 is 0 Å². The van der Waals surface area contributed by atoms with Crippen molar-refractivity contribution in [2.24, 2.45) is 0 Å². The van der Waals surface area contributed by atoms with Crippen LogP contribution in [0.4, 0.5) is 5.69 Å². The minimum atomic E-state index is -0.359. The molecule has 2 amide bonds. The summed E-state index contributed by atoms with van der Waals surface area (Å²) < 4.78 is 5.44. The monoisotopic (exact) mass is 439 g/mol. The average molecular weight is 440 g/mol. The van der Waals surface area contributed by atoms with Crippen molar-refractivity contribution in [2.75, 3.05) is 45.2 Å². The topological polar surface area (TPSA) is 53.1 Å². The van der Waals surface area contributed by atoms with Crippen molar-refractivity contribution in [1.29, 1.82) is 0 Å². The summed E-state index contributed by atoms with van der Waals surface area (Å²) in [6.45, 7) is 7.05. The normalized spacial score (nSPS) is 17.7. The highest BCUT2D eigenvalue weighted by molar-refractivity contribution is 6.46. The third-order valence-electron chi connectivity index (χ3n) is 6.06. The number of amides is 2. The van der Waals surface area contributed by atoms with Gasteiger partial charge in [0.1, 0.15) is 11.4 Å². The van der Waals surface area contributed by atoms with Crippen LogP contribution in [0.25, 0.3) is 5.57 Å². The van der Waals surface area contributed by atoms with Crippen molar-refractivity contribution in [3.05, 3.63) is 63.8 Å². The molecule has 0 aromatic heterocycles. The van der Waals surface area contributed by atoms with Crippen LogP contribution in [0.15, 0.2) is 42.1 Å². The molecule has 2 heterocycles. The third-order valence-corrected chi connectivity index (χ3v) is 6.29. The molecule has 6 nitrogen and oxygen atoms in total. The number of piperazine rings is 1. The minimum Gasteiger partial charge on any atom is -0.495 e. The van der Waals surface area contributed by atoms with E-state index in [9.17, 15) is 9.59 Å². The number of carbonyl (C=O) groups is 2. The predicted molar refractivity (Wildman–Crippen MR) is 122 cm³/mol. The van der Waals surface area contributed by atoms with E-state index in [1.165, 1.54) is 12.0 Å². The van der Waals surface area contributed by atoms with Gasteiger partial charge in [-0.2, -0.15) is 0 Å². The number of nitrogens with zero attached hydrogens (tertiary/aromatic N) is 3. The SMILES string of the molecule is COc1ccc(Cl)cc1N1C(=O)C(c2ccc(C)c(C)c2)=C(N2CCN(C)CC2)C1=O. The fourth-order valence-electron chi connectivity index (χ4n) is 4.06. The van der Waals surface area contributed by atoms with E-state index in [0.717, 1.165) is 29.8 Å². The van der Waals surface area contributed by atoms with Crippen molar-refractivity contribution in [1.82, 2.24) is 9.80 Å². The molecular formula is C24H26ClN3O3. The van der Waals surface area contributed by atoms with Crippen LogP contribution in [0, 0.1) is 13.8 Å². The molecule has 0 unspecified atom stereocenters. The number of hydrogen-bond donors (Lipinski definition) is 0. The number of likely N-dealkylation sites (N-methyl/N-ethyl adjacent to an activating group) is 1. The van der Waals surface area contributed by atoms with Gasteiger partial charge in [0.2, 0.25) is 0 Å². The van der Waals surface area contributed by atoms with E-state index in [2.05, 4.69) is 11.9 Å². The Hall–Kier alpha value is -2.83. The molecular weight excluding hydrogens is 414 g/mol. The van der Waals surface area contributed by atoms with E-state index >= 15 is 0 Å². The number of methoxy groups -OCH3 is 1. The summed E-state index contributed by atoms with van der Waals surface area (Å²) in [5, 5.41) is 0.428. The largest absolute Gasteiger partial charge is 0.495 e. The maximum absolute atomic E-state index is 13.7. The standard InChI is InChI=1S/C24H26ClN3O3/c1-15-5-6-17(13-16(15)2)21-22(27-11-9-26(3)10-12-27)24(30)28(23(21)29)19-14-18(25)7-8-20(19)31-4/h5-8,13-14H,9-12H2,1-4H3. The molecule has 4 rings (SSSR count). The van der Waals surface area contributed by atoms with Gasteiger partial charge in [0.25, 0.3) is 11.8 Å². The van der Waals surface area contributed by atoms with E-state index in [1.807, 2.05) is 36.9 Å². The summed E-state index contributed by atoms with van der Waals surface area (Å²) in [6.07, 6.45) is 0. The van der Waals surface area contributed by atoms with Crippen LogP contribution in [-0.2, 0) is 9.59 Å². The Kier molecular flexibility index (Phi) is 5.77. The Bertz CT molecular complexity index is 1090. The van der Waals surface area contributed by atoms with Gasteiger partial charge >= 0.3 is 0 Å². The molecule has 0 saturated carbocycles. The number of halogens is 1. The van der Waals surface area contributed by atoms with Gasteiger partial charge in [0.05, 0.1) is 18.4 Å². The quantitative estimate of drug-likeness (QED) is 0.682. The second kappa shape index (κ2) is 8.36. The highest BCUT2D eigenvalue weighted by atomic mass is 35.5. The fourth-order valence-corrected chi connectivity index (χ4v) is 4.22. The Morgan fingerprint density at radius 1 is 0.903 bits per heavy atom. The highest BCUT2D eigenvalue weighted by Gasteiger charge is 2.44. The number of imide groups is 1. The van der Waals surface area contributed by atoms with E-state index in [0.29, 0.717) is 40.8 Å². The van der Waals surface area contributed by atoms with Crippen molar-refractivity contribution in [2.45, 2.75) is 13.8 Å².